The summed E-state index contributed by atoms with van der Waals surface area (Å²) in [7, 11) is 0. The number of nitrogens with zero attached hydrogens (tertiary/aromatic N) is 1. The summed E-state index contributed by atoms with van der Waals surface area (Å²) in [5.74, 6) is -3.12. The second-order valence-electron chi connectivity index (χ2n) is 9.16. The van der Waals surface area contributed by atoms with Gasteiger partial charge in [-0.05, 0) is 49.4 Å². The Hall–Kier alpha value is -2.38. The first-order chi connectivity index (χ1) is 16.3. The standard InChI is InChI=1S/C26H35ClN2O5/c1-5-15(4)20(14-30)29-23(24(31)28-18-11-9-17(27)10-12-18)19-13-8-16(6-2)21(22(19)25(29)32)26(33)34-7-3/h8-13,15-16,19-23,30H,5-7,14H2,1-4H3,(H,28,31)/t15-,16+,19-,20-,21+,22+,23-/m0/s1. The smallest absolute Gasteiger partial charge is 0.310 e. The molecule has 7 atom stereocenters. The van der Waals surface area contributed by atoms with Gasteiger partial charge in [0.15, 0.2) is 0 Å². The van der Waals surface area contributed by atoms with Crippen molar-refractivity contribution in [2.75, 3.05) is 18.5 Å². The van der Waals surface area contributed by atoms with Gasteiger partial charge in [0.05, 0.1) is 31.1 Å². The molecular formula is C26H35ClN2O5. The first-order valence-corrected chi connectivity index (χ1v) is 12.5. The number of aliphatic hydroxyl groups is 1. The second-order valence-corrected chi connectivity index (χ2v) is 9.60. The third-order valence-electron chi connectivity index (χ3n) is 7.30. The molecule has 1 fully saturated rings. The average Bonchev–Trinajstić information content (AvgIpc) is 3.12. The number of amides is 2. The third kappa shape index (κ3) is 5.01. The van der Waals surface area contributed by atoms with Crippen molar-refractivity contribution in [3.63, 3.8) is 0 Å². The van der Waals surface area contributed by atoms with Crippen molar-refractivity contribution in [2.24, 2.45) is 29.6 Å². The Bertz CT molecular complexity index is 918. The lowest BCUT2D eigenvalue weighted by Crippen LogP contribution is -2.52. The zero-order valence-corrected chi connectivity index (χ0v) is 21.0. The van der Waals surface area contributed by atoms with E-state index in [1.807, 2.05) is 32.9 Å². The number of carbonyl (C=O) groups is 3. The Kier molecular flexibility index (Phi) is 8.77. The Balaban J connectivity index is 2.05. The minimum Gasteiger partial charge on any atom is -0.466 e. The monoisotopic (exact) mass is 490 g/mol. The summed E-state index contributed by atoms with van der Waals surface area (Å²) in [6.07, 6.45) is 5.25. The van der Waals surface area contributed by atoms with Crippen LogP contribution < -0.4 is 5.32 Å². The predicted molar refractivity (Wildman–Crippen MR) is 131 cm³/mol. The van der Waals surface area contributed by atoms with Gasteiger partial charge < -0.3 is 20.1 Å². The maximum absolute atomic E-state index is 13.9. The molecule has 3 rings (SSSR count). The van der Waals surface area contributed by atoms with E-state index in [0.717, 1.165) is 6.42 Å². The van der Waals surface area contributed by atoms with Crippen molar-refractivity contribution in [1.82, 2.24) is 4.90 Å². The van der Waals surface area contributed by atoms with Crippen LogP contribution in [0.25, 0.3) is 0 Å². The first kappa shape index (κ1) is 26.2. The van der Waals surface area contributed by atoms with E-state index < -0.39 is 35.8 Å². The highest BCUT2D eigenvalue weighted by Crippen LogP contribution is 2.46. The van der Waals surface area contributed by atoms with E-state index in [-0.39, 0.29) is 36.9 Å². The molecule has 2 amide bonds. The van der Waals surface area contributed by atoms with Gasteiger partial charge in [-0.1, -0.05) is 50.9 Å². The zero-order valence-electron chi connectivity index (χ0n) is 20.2. The largest absolute Gasteiger partial charge is 0.466 e. The van der Waals surface area contributed by atoms with Crippen molar-refractivity contribution < 1.29 is 24.2 Å². The fourth-order valence-corrected chi connectivity index (χ4v) is 5.44. The summed E-state index contributed by atoms with van der Waals surface area (Å²) >= 11 is 5.97. The lowest BCUT2D eigenvalue weighted by atomic mass is 9.69. The number of ether oxygens (including phenoxy) is 1. The molecule has 0 radical (unpaired) electrons. The molecule has 1 saturated heterocycles. The Morgan fingerprint density at radius 3 is 2.41 bits per heavy atom. The summed E-state index contributed by atoms with van der Waals surface area (Å²) in [5, 5.41) is 13.7. The van der Waals surface area contributed by atoms with Crippen molar-refractivity contribution in [3.05, 3.63) is 41.4 Å². The molecule has 2 N–H and O–H groups in total. The van der Waals surface area contributed by atoms with Crippen LogP contribution in [0, 0.1) is 29.6 Å². The molecular weight excluding hydrogens is 456 g/mol. The number of fused-ring (bicyclic) bond motifs is 1. The number of likely N-dealkylation sites (tertiary alicyclic amines) is 1. The summed E-state index contributed by atoms with van der Waals surface area (Å²) in [5.41, 5.74) is 0.558. The fourth-order valence-electron chi connectivity index (χ4n) is 5.32. The van der Waals surface area contributed by atoms with Crippen LogP contribution in [-0.4, -0.2) is 53.1 Å². The van der Waals surface area contributed by atoms with Crippen LogP contribution in [0.15, 0.2) is 36.4 Å². The van der Waals surface area contributed by atoms with Crippen LogP contribution in [0.1, 0.15) is 40.5 Å². The van der Waals surface area contributed by atoms with Crippen LogP contribution in [0.5, 0.6) is 0 Å². The number of allylic oxidation sites excluding steroid dienone is 1. The summed E-state index contributed by atoms with van der Waals surface area (Å²) in [6, 6.07) is 5.35. The zero-order chi connectivity index (χ0) is 25.0. The number of halogens is 1. The average molecular weight is 491 g/mol. The molecule has 1 aliphatic carbocycles. The van der Waals surface area contributed by atoms with E-state index in [1.54, 1.807) is 31.2 Å². The number of aliphatic hydroxyl groups excluding tert-OH is 1. The Labute approximate surface area is 206 Å². The highest BCUT2D eigenvalue weighted by atomic mass is 35.5. The highest BCUT2D eigenvalue weighted by molar-refractivity contribution is 6.30. The molecule has 7 nitrogen and oxygen atoms in total. The number of nitrogens with one attached hydrogen (secondary N) is 1. The molecule has 1 aromatic carbocycles. The molecule has 1 aliphatic heterocycles. The van der Waals surface area contributed by atoms with Crippen LogP contribution in [0.2, 0.25) is 5.02 Å². The van der Waals surface area contributed by atoms with Crippen molar-refractivity contribution >= 4 is 35.1 Å². The lowest BCUT2D eigenvalue weighted by molar-refractivity contribution is -0.156. The molecule has 0 aromatic heterocycles. The van der Waals surface area contributed by atoms with Crippen molar-refractivity contribution in [3.8, 4) is 0 Å². The maximum atomic E-state index is 13.9. The number of hydrogen-bond acceptors (Lipinski definition) is 5. The SMILES string of the molecule is CCOC(=O)[C@H]1[C@@H]2C(=O)N([C@@H](CO)[C@@H](C)CC)[C@H](C(=O)Nc3ccc(Cl)cc3)[C@H]2C=C[C@H]1CC. The Morgan fingerprint density at radius 2 is 1.85 bits per heavy atom. The molecule has 186 valence electrons. The normalized spacial score (nSPS) is 27.8. The molecule has 0 spiro atoms. The number of esters is 1. The van der Waals surface area contributed by atoms with E-state index in [4.69, 9.17) is 16.3 Å². The van der Waals surface area contributed by atoms with Gasteiger partial charge in [-0.25, -0.2) is 0 Å². The molecule has 0 unspecified atom stereocenters. The van der Waals surface area contributed by atoms with E-state index >= 15 is 0 Å². The number of hydrogen-bond donors (Lipinski definition) is 2. The van der Waals surface area contributed by atoms with Gasteiger partial charge in [0.2, 0.25) is 11.8 Å². The first-order valence-electron chi connectivity index (χ1n) is 12.1. The van der Waals surface area contributed by atoms with E-state index in [2.05, 4.69) is 5.32 Å². The van der Waals surface area contributed by atoms with Gasteiger partial charge in [0.25, 0.3) is 0 Å². The van der Waals surface area contributed by atoms with Crippen molar-refractivity contribution in [1.29, 1.82) is 0 Å². The highest BCUT2D eigenvalue weighted by Gasteiger charge is 2.59. The van der Waals surface area contributed by atoms with Crippen LogP contribution in [-0.2, 0) is 19.1 Å². The van der Waals surface area contributed by atoms with E-state index in [0.29, 0.717) is 17.1 Å². The maximum Gasteiger partial charge on any atom is 0.310 e. The van der Waals surface area contributed by atoms with E-state index in [9.17, 15) is 19.5 Å². The van der Waals surface area contributed by atoms with Crippen LogP contribution in [0.4, 0.5) is 5.69 Å². The number of rotatable bonds is 9. The lowest BCUT2D eigenvalue weighted by Gasteiger charge is -2.36. The third-order valence-corrected chi connectivity index (χ3v) is 7.55. The van der Waals surface area contributed by atoms with E-state index in [1.165, 1.54) is 4.90 Å². The number of anilines is 1. The van der Waals surface area contributed by atoms with Gasteiger partial charge in [-0.3, -0.25) is 14.4 Å². The molecule has 0 saturated carbocycles. The number of benzene rings is 1. The molecule has 1 heterocycles. The van der Waals surface area contributed by atoms with Crippen LogP contribution >= 0.6 is 11.6 Å². The predicted octanol–water partition coefficient (Wildman–Crippen LogP) is 3.90. The molecule has 1 aromatic rings. The summed E-state index contributed by atoms with van der Waals surface area (Å²) in [6.45, 7) is 7.60. The van der Waals surface area contributed by atoms with Crippen molar-refractivity contribution in [2.45, 2.75) is 52.6 Å². The minimum absolute atomic E-state index is 0.0353. The molecule has 2 aliphatic rings. The van der Waals surface area contributed by atoms with Gasteiger partial charge in [-0.15, -0.1) is 0 Å². The van der Waals surface area contributed by atoms with Crippen LogP contribution in [0.3, 0.4) is 0 Å². The topological polar surface area (TPSA) is 95.9 Å². The summed E-state index contributed by atoms with van der Waals surface area (Å²) < 4.78 is 5.36. The van der Waals surface area contributed by atoms with Gasteiger partial charge >= 0.3 is 5.97 Å². The molecule has 8 heteroatoms. The Morgan fingerprint density at radius 1 is 1.18 bits per heavy atom. The quantitative estimate of drug-likeness (QED) is 0.404. The van der Waals surface area contributed by atoms with Gasteiger partial charge in [0.1, 0.15) is 6.04 Å². The summed E-state index contributed by atoms with van der Waals surface area (Å²) in [4.78, 5) is 42.1. The molecule has 0 bridgehead atoms. The number of carbonyl (C=O) groups excluding carboxylic acids is 3. The minimum atomic E-state index is -0.856. The van der Waals surface area contributed by atoms with Gasteiger partial charge in [0, 0.05) is 16.6 Å². The molecule has 34 heavy (non-hydrogen) atoms. The fraction of sp³-hybridized carbons (Fsp3) is 0.577. The van der Waals surface area contributed by atoms with Gasteiger partial charge in [-0.2, -0.15) is 0 Å². The second kappa shape index (κ2) is 11.4.